The molecule has 0 aliphatic carbocycles. The molecule has 0 fully saturated rings. The summed E-state index contributed by atoms with van der Waals surface area (Å²) in [6.45, 7) is 3.72. The number of hydrogen-bond acceptors (Lipinski definition) is 5. The van der Waals surface area contributed by atoms with Gasteiger partial charge in [0, 0.05) is 25.8 Å². The second kappa shape index (κ2) is 14.6. The zero-order valence-electron chi connectivity index (χ0n) is 20.8. The zero-order valence-corrected chi connectivity index (χ0v) is 20.8. The van der Waals surface area contributed by atoms with E-state index in [0.717, 1.165) is 11.1 Å². The summed E-state index contributed by atoms with van der Waals surface area (Å²) in [7, 11) is 0. The van der Waals surface area contributed by atoms with Crippen molar-refractivity contribution in [3.63, 3.8) is 0 Å². The van der Waals surface area contributed by atoms with Gasteiger partial charge in [0.25, 0.3) is 0 Å². The highest BCUT2D eigenvalue weighted by atomic mass is 16.4. The molecule has 194 valence electrons. The van der Waals surface area contributed by atoms with Crippen LogP contribution in [0.1, 0.15) is 37.8 Å². The van der Waals surface area contributed by atoms with Crippen LogP contribution >= 0.6 is 0 Å². The second-order valence-corrected chi connectivity index (χ2v) is 8.81. The summed E-state index contributed by atoms with van der Waals surface area (Å²) in [5.74, 6) is -2.97. The lowest BCUT2D eigenvalue weighted by Gasteiger charge is -2.26. The summed E-state index contributed by atoms with van der Waals surface area (Å²) in [5, 5.41) is 17.7. The number of carboxylic acid groups (broad SMARTS) is 1. The average Bonchev–Trinajstić information content (AvgIpc) is 2.87. The van der Waals surface area contributed by atoms with Gasteiger partial charge in [0.05, 0.1) is 0 Å². The fraction of sp³-hybridized carbons (Fsp3) is 0.407. The van der Waals surface area contributed by atoms with Gasteiger partial charge in [0.2, 0.25) is 17.7 Å². The molecule has 0 saturated heterocycles. The van der Waals surface area contributed by atoms with E-state index in [1.165, 1.54) is 0 Å². The van der Waals surface area contributed by atoms with Crippen LogP contribution in [0.2, 0.25) is 0 Å². The first-order chi connectivity index (χ1) is 17.2. The third kappa shape index (κ3) is 9.14. The maximum Gasteiger partial charge on any atom is 0.326 e. The normalized spacial score (nSPS) is 14.1. The van der Waals surface area contributed by atoms with E-state index < -0.39 is 35.9 Å². The molecule has 6 N–H and O–H groups in total. The molecule has 2 aromatic rings. The minimum absolute atomic E-state index is 0.0572. The first-order valence-corrected chi connectivity index (χ1v) is 12.2. The standard InChI is InChI=1S/C27H36N4O5/c1-3-18(2)24(27(35)36)31-26(34)22(17-20-12-8-5-9-13-20)30-25(33)21(29-23(32)14-15-28)16-19-10-6-4-7-11-19/h4-13,18,21-22,24H,3,14-17,28H2,1-2H3,(H,29,32)(H,30,33)(H,31,34)(H,35,36)/t18-,21-,22-,24-/m0/s1. The quantitative estimate of drug-likeness (QED) is 0.267. The Balaban J connectivity index is 2.28. The van der Waals surface area contributed by atoms with Gasteiger partial charge in [-0.3, -0.25) is 14.4 Å². The summed E-state index contributed by atoms with van der Waals surface area (Å²) in [5.41, 5.74) is 7.11. The average molecular weight is 497 g/mol. The molecule has 0 saturated carbocycles. The van der Waals surface area contributed by atoms with Gasteiger partial charge in [0.15, 0.2) is 0 Å². The van der Waals surface area contributed by atoms with Crippen LogP contribution in [0.3, 0.4) is 0 Å². The molecule has 36 heavy (non-hydrogen) atoms. The number of benzene rings is 2. The van der Waals surface area contributed by atoms with Crippen molar-refractivity contribution >= 4 is 23.7 Å². The van der Waals surface area contributed by atoms with Gasteiger partial charge in [-0.15, -0.1) is 0 Å². The van der Waals surface area contributed by atoms with Gasteiger partial charge in [0.1, 0.15) is 18.1 Å². The molecule has 0 bridgehead atoms. The molecule has 0 spiro atoms. The monoisotopic (exact) mass is 496 g/mol. The number of carbonyl (C=O) groups excluding carboxylic acids is 3. The largest absolute Gasteiger partial charge is 0.480 e. The van der Waals surface area contributed by atoms with Crippen LogP contribution in [0, 0.1) is 5.92 Å². The Morgan fingerprint density at radius 2 is 1.28 bits per heavy atom. The highest BCUT2D eigenvalue weighted by molar-refractivity contribution is 5.93. The Hall–Kier alpha value is -3.72. The number of nitrogens with one attached hydrogen (secondary N) is 3. The Morgan fingerprint density at radius 3 is 1.72 bits per heavy atom. The smallest absolute Gasteiger partial charge is 0.326 e. The summed E-state index contributed by atoms with van der Waals surface area (Å²) in [6, 6.07) is 15.2. The van der Waals surface area contributed by atoms with E-state index in [0.29, 0.717) is 6.42 Å². The van der Waals surface area contributed by atoms with Crippen LogP contribution in [0.25, 0.3) is 0 Å². The molecular formula is C27H36N4O5. The highest BCUT2D eigenvalue weighted by Gasteiger charge is 2.31. The summed E-state index contributed by atoms with van der Waals surface area (Å²) in [4.78, 5) is 50.6. The molecule has 0 aliphatic heterocycles. The highest BCUT2D eigenvalue weighted by Crippen LogP contribution is 2.11. The zero-order chi connectivity index (χ0) is 26.5. The lowest BCUT2D eigenvalue weighted by molar-refractivity contribution is -0.143. The molecule has 2 aromatic carbocycles. The summed E-state index contributed by atoms with van der Waals surface area (Å²) < 4.78 is 0. The van der Waals surface area contributed by atoms with Crippen molar-refractivity contribution in [3.8, 4) is 0 Å². The Kier molecular flexibility index (Phi) is 11.6. The van der Waals surface area contributed by atoms with Gasteiger partial charge in [-0.05, 0) is 17.0 Å². The van der Waals surface area contributed by atoms with E-state index in [4.69, 9.17) is 5.73 Å². The Labute approximate surface area is 211 Å². The number of rotatable bonds is 14. The van der Waals surface area contributed by atoms with Crippen LogP contribution in [-0.4, -0.2) is 53.5 Å². The molecule has 0 aliphatic rings. The van der Waals surface area contributed by atoms with E-state index >= 15 is 0 Å². The topological polar surface area (TPSA) is 151 Å². The number of carbonyl (C=O) groups is 4. The first-order valence-electron chi connectivity index (χ1n) is 12.2. The van der Waals surface area contributed by atoms with Gasteiger partial charge in [-0.2, -0.15) is 0 Å². The van der Waals surface area contributed by atoms with E-state index in [1.54, 1.807) is 6.92 Å². The molecular weight excluding hydrogens is 460 g/mol. The number of nitrogens with two attached hydrogens (primary N) is 1. The molecule has 0 unspecified atom stereocenters. The molecule has 9 nitrogen and oxygen atoms in total. The summed E-state index contributed by atoms with van der Waals surface area (Å²) >= 11 is 0. The predicted molar refractivity (Wildman–Crippen MR) is 137 cm³/mol. The Morgan fingerprint density at radius 1 is 0.806 bits per heavy atom. The van der Waals surface area contributed by atoms with Crippen LogP contribution in [0.5, 0.6) is 0 Å². The van der Waals surface area contributed by atoms with Crippen LogP contribution in [0.15, 0.2) is 60.7 Å². The van der Waals surface area contributed by atoms with Gasteiger partial charge in [-0.25, -0.2) is 4.79 Å². The molecule has 0 radical (unpaired) electrons. The third-order valence-corrected chi connectivity index (χ3v) is 6.00. The number of aliphatic carboxylic acids is 1. The van der Waals surface area contributed by atoms with Gasteiger partial charge >= 0.3 is 5.97 Å². The lowest BCUT2D eigenvalue weighted by atomic mass is 9.98. The number of amides is 3. The van der Waals surface area contributed by atoms with E-state index in [9.17, 15) is 24.3 Å². The first kappa shape index (κ1) is 28.5. The van der Waals surface area contributed by atoms with E-state index in [-0.39, 0.29) is 37.6 Å². The molecule has 4 atom stereocenters. The maximum absolute atomic E-state index is 13.3. The van der Waals surface area contributed by atoms with Crippen molar-refractivity contribution in [3.05, 3.63) is 71.8 Å². The van der Waals surface area contributed by atoms with Crippen LogP contribution in [-0.2, 0) is 32.0 Å². The fourth-order valence-corrected chi connectivity index (χ4v) is 3.72. The number of hydrogen-bond donors (Lipinski definition) is 5. The number of carboxylic acids is 1. The molecule has 0 heterocycles. The van der Waals surface area contributed by atoms with Crippen molar-refractivity contribution < 1.29 is 24.3 Å². The summed E-state index contributed by atoms with van der Waals surface area (Å²) in [6.07, 6.45) is 0.980. The van der Waals surface area contributed by atoms with Gasteiger partial charge < -0.3 is 26.8 Å². The van der Waals surface area contributed by atoms with Gasteiger partial charge in [-0.1, -0.05) is 80.9 Å². The minimum atomic E-state index is -1.14. The molecule has 3 amide bonds. The fourth-order valence-electron chi connectivity index (χ4n) is 3.72. The van der Waals surface area contributed by atoms with Crippen LogP contribution < -0.4 is 21.7 Å². The van der Waals surface area contributed by atoms with Crippen molar-refractivity contribution in [2.24, 2.45) is 11.7 Å². The predicted octanol–water partition coefficient (Wildman–Crippen LogP) is 1.41. The lowest BCUT2D eigenvalue weighted by Crippen LogP contribution is -2.57. The van der Waals surface area contributed by atoms with Crippen molar-refractivity contribution in [1.82, 2.24) is 16.0 Å². The Bertz CT molecular complexity index is 1000. The molecule has 0 aromatic heterocycles. The van der Waals surface area contributed by atoms with E-state index in [2.05, 4.69) is 16.0 Å². The van der Waals surface area contributed by atoms with Crippen LogP contribution in [0.4, 0.5) is 0 Å². The minimum Gasteiger partial charge on any atom is -0.480 e. The van der Waals surface area contributed by atoms with Crippen molar-refractivity contribution in [2.45, 2.75) is 57.7 Å². The molecule has 9 heteroatoms. The van der Waals surface area contributed by atoms with Crippen molar-refractivity contribution in [1.29, 1.82) is 0 Å². The SMILES string of the molecule is CC[C@H](C)[C@H](NC(=O)[C@H](Cc1ccccc1)NC(=O)[C@H](Cc1ccccc1)NC(=O)CCN)C(=O)O. The molecule has 2 rings (SSSR count). The van der Waals surface area contributed by atoms with E-state index in [1.807, 2.05) is 67.6 Å². The van der Waals surface area contributed by atoms with Crippen molar-refractivity contribution in [2.75, 3.05) is 6.54 Å². The third-order valence-electron chi connectivity index (χ3n) is 6.00. The second-order valence-electron chi connectivity index (χ2n) is 8.81. The maximum atomic E-state index is 13.3.